The Hall–Kier alpha value is -1.49. The standard InChI is InChI=1S/C12H14N2O2S/c1-4-16-9-5-6-10-11(7-9)14(8(2)15)12(13-10)17-3/h5-7H,4H2,1-3H3. The van der Waals surface area contributed by atoms with E-state index in [0.717, 1.165) is 16.8 Å². The number of aromatic nitrogens is 2. The van der Waals surface area contributed by atoms with Crippen LogP contribution >= 0.6 is 11.8 Å². The molecule has 0 aliphatic heterocycles. The fourth-order valence-electron chi connectivity index (χ4n) is 1.73. The molecule has 0 fully saturated rings. The Kier molecular flexibility index (Phi) is 3.38. The van der Waals surface area contributed by atoms with Crippen molar-refractivity contribution in [2.24, 2.45) is 0 Å². The molecular formula is C12H14N2O2S. The summed E-state index contributed by atoms with van der Waals surface area (Å²) in [5.74, 6) is 0.723. The number of thioether (sulfide) groups is 1. The van der Waals surface area contributed by atoms with Gasteiger partial charge < -0.3 is 4.74 Å². The first-order chi connectivity index (χ1) is 8.17. The Morgan fingerprint density at radius 1 is 1.53 bits per heavy atom. The smallest absolute Gasteiger partial charge is 0.230 e. The molecule has 0 unspecified atom stereocenters. The Morgan fingerprint density at radius 2 is 2.29 bits per heavy atom. The van der Waals surface area contributed by atoms with Gasteiger partial charge in [-0.2, -0.15) is 0 Å². The van der Waals surface area contributed by atoms with E-state index in [1.165, 1.54) is 18.7 Å². The fraction of sp³-hybridized carbons (Fsp3) is 0.333. The van der Waals surface area contributed by atoms with Gasteiger partial charge in [-0.25, -0.2) is 4.98 Å². The molecule has 0 aliphatic carbocycles. The Balaban J connectivity index is 2.65. The average Bonchev–Trinajstić information content (AvgIpc) is 2.67. The summed E-state index contributed by atoms with van der Waals surface area (Å²) < 4.78 is 7.05. The van der Waals surface area contributed by atoms with Gasteiger partial charge in [0.2, 0.25) is 5.91 Å². The van der Waals surface area contributed by atoms with E-state index >= 15 is 0 Å². The lowest BCUT2D eigenvalue weighted by Gasteiger charge is -2.04. The number of rotatable bonds is 3. The van der Waals surface area contributed by atoms with Crippen LogP contribution in [0.15, 0.2) is 23.4 Å². The molecule has 1 aromatic carbocycles. The first-order valence-corrected chi connectivity index (χ1v) is 6.60. The lowest BCUT2D eigenvalue weighted by atomic mass is 10.3. The third-order valence-corrected chi connectivity index (χ3v) is 3.04. The van der Waals surface area contributed by atoms with Gasteiger partial charge in [0.15, 0.2) is 5.16 Å². The lowest BCUT2D eigenvalue weighted by Crippen LogP contribution is -2.06. The number of imidazole rings is 1. The Morgan fingerprint density at radius 3 is 2.88 bits per heavy atom. The topological polar surface area (TPSA) is 44.1 Å². The molecule has 17 heavy (non-hydrogen) atoms. The molecule has 0 N–H and O–H groups in total. The summed E-state index contributed by atoms with van der Waals surface area (Å²) in [5.41, 5.74) is 1.61. The van der Waals surface area contributed by atoms with Crippen molar-refractivity contribution < 1.29 is 9.53 Å². The van der Waals surface area contributed by atoms with E-state index in [4.69, 9.17) is 4.74 Å². The minimum absolute atomic E-state index is 0.0366. The molecule has 5 heteroatoms. The van der Waals surface area contributed by atoms with Gasteiger partial charge in [0.1, 0.15) is 5.75 Å². The van der Waals surface area contributed by atoms with Crippen LogP contribution in [-0.2, 0) is 0 Å². The number of benzene rings is 1. The molecule has 1 aromatic heterocycles. The van der Waals surface area contributed by atoms with E-state index in [1.54, 1.807) is 4.57 Å². The number of carbonyl (C=O) groups excluding carboxylic acids is 1. The summed E-state index contributed by atoms with van der Waals surface area (Å²) >= 11 is 1.46. The first kappa shape index (κ1) is 12.0. The quantitative estimate of drug-likeness (QED) is 0.786. The van der Waals surface area contributed by atoms with Gasteiger partial charge in [-0.1, -0.05) is 11.8 Å². The minimum Gasteiger partial charge on any atom is -0.494 e. The van der Waals surface area contributed by atoms with Crippen molar-refractivity contribution >= 4 is 28.7 Å². The van der Waals surface area contributed by atoms with Crippen LogP contribution in [0.1, 0.15) is 18.6 Å². The van der Waals surface area contributed by atoms with Gasteiger partial charge in [-0.15, -0.1) is 0 Å². The second-order valence-electron chi connectivity index (χ2n) is 3.54. The van der Waals surface area contributed by atoms with Crippen LogP contribution in [0.4, 0.5) is 0 Å². The monoisotopic (exact) mass is 250 g/mol. The summed E-state index contributed by atoms with van der Waals surface area (Å²) in [5, 5.41) is 0.709. The predicted octanol–water partition coefficient (Wildman–Crippen LogP) is 2.82. The Bertz CT molecular complexity index is 563. The molecule has 0 bridgehead atoms. The number of fused-ring (bicyclic) bond motifs is 1. The summed E-state index contributed by atoms with van der Waals surface area (Å²) in [6, 6.07) is 5.60. The van der Waals surface area contributed by atoms with Crippen molar-refractivity contribution in [3.05, 3.63) is 18.2 Å². The maximum Gasteiger partial charge on any atom is 0.230 e. The van der Waals surface area contributed by atoms with Crippen molar-refractivity contribution in [1.82, 2.24) is 9.55 Å². The highest BCUT2D eigenvalue weighted by Gasteiger charge is 2.13. The number of nitrogens with zero attached hydrogens (tertiary/aromatic N) is 2. The predicted molar refractivity (Wildman–Crippen MR) is 69.0 cm³/mol. The maximum absolute atomic E-state index is 11.6. The summed E-state index contributed by atoms with van der Waals surface area (Å²) in [6.07, 6.45) is 1.91. The summed E-state index contributed by atoms with van der Waals surface area (Å²) in [7, 11) is 0. The van der Waals surface area contributed by atoms with Crippen molar-refractivity contribution in [2.75, 3.05) is 12.9 Å². The molecule has 0 saturated heterocycles. The van der Waals surface area contributed by atoms with Gasteiger partial charge >= 0.3 is 0 Å². The SMILES string of the molecule is CCOc1ccc2nc(SC)n(C(C)=O)c2c1. The van der Waals surface area contributed by atoms with Crippen molar-refractivity contribution in [3.8, 4) is 5.75 Å². The van der Waals surface area contributed by atoms with Crippen LogP contribution in [-0.4, -0.2) is 28.3 Å². The minimum atomic E-state index is -0.0366. The van der Waals surface area contributed by atoms with Crippen LogP contribution < -0.4 is 4.74 Å². The average molecular weight is 250 g/mol. The number of carbonyl (C=O) groups is 1. The van der Waals surface area contributed by atoms with Crippen molar-refractivity contribution in [2.45, 2.75) is 19.0 Å². The first-order valence-electron chi connectivity index (χ1n) is 5.37. The molecule has 0 radical (unpaired) electrons. The Labute approximate surface area is 104 Å². The normalized spacial score (nSPS) is 10.8. The van der Waals surface area contributed by atoms with E-state index in [0.29, 0.717) is 11.8 Å². The molecule has 1 heterocycles. The van der Waals surface area contributed by atoms with Crippen LogP contribution in [0.5, 0.6) is 5.75 Å². The van der Waals surface area contributed by atoms with Crippen LogP contribution in [0.25, 0.3) is 11.0 Å². The molecule has 4 nitrogen and oxygen atoms in total. The number of ether oxygens (including phenoxy) is 1. The molecule has 2 aromatic rings. The molecular weight excluding hydrogens is 236 g/mol. The van der Waals surface area contributed by atoms with Gasteiger partial charge in [-0.05, 0) is 25.3 Å². The zero-order chi connectivity index (χ0) is 12.4. The maximum atomic E-state index is 11.6. The van der Waals surface area contributed by atoms with Gasteiger partial charge in [-0.3, -0.25) is 9.36 Å². The lowest BCUT2D eigenvalue weighted by molar-refractivity contribution is 0.0931. The van der Waals surface area contributed by atoms with E-state index in [-0.39, 0.29) is 5.91 Å². The second-order valence-corrected chi connectivity index (χ2v) is 4.31. The van der Waals surface area contributed by atoms with Crippen LogP contribution in [0.3, 0.4) is 0 Å². The van der Waals surface area contributed by atoms with E-state index in [2.05, 4.69) is 4.98 Å². The van der Waals surface area contributed by atoms with Crippen molar-refractivity contribution in [1.29, 1.82) is 0 Å². The van der Waals surface area contributed by atoms with E-state index < -0.39 is 0 Å². The largest absolute Gasteiger partial charge is 0.494 e. The van der Waals surface area contributed by atoms with Crippen molar-refractivity contribution in [3.63, 3.8) is 0 Å². The molecule has 2 rings (SSSR count). The zero-order valence-electron chi connectivity index (χ0n) is 10.1. The molecule has 0 spiro atoms. The third-order valence-electron chi connectivity index (χ3n) is 2.40. The highest BCUT2D eigenvalue weighted by Crippen LogP contribution is 2.25. The van der Waals surface area contributed by atoms with E-state index in [1.807, 2.05) is 31.4 Å². The van der Waals surface area contributed by atoms with Crippen LogP contribution in [0, 0.1) is 0 Å². The summed E-state index contributed by atoms with van der Waals surface area (Å²) in [6.45, 7) is 4.07. The highest BCUT2D eigenvalue weighted by atomic mass is 32.2. The van der Waals surface area contributed by atoms with E-state index in [9.17, 15) is 4.79 Å². The third kappa shape index (κ3) is 2.15. The zero-order valence-corrected chi connectivity index (χ0v) is 10.9. The number of hydrogen-bond acceptors (Lipinski definition) is 4. The van der Waals surface area contributed by atoms with Gasteiger partial charge in [0.05, 0.1) is 17.6 Å². The molecule has 0 amide bonds. The molecule has 0 aliphatic rings. The highest BCUT2D eigenvalue weighted by molar-refractivity contribution is 7.98. The van der Waals surface area contributed by atoms with Gasteiger partial charge in [0.25, 0.3) is 0 Å². The molecule has 90 valence electrons. The number of hydrogen-bond donors (Lipinski definition) is 0. The molecule has 0 saturated carbocycles. The summed E-state index contributed by atoms with van der Waals surface area (Å²) in [4.78, 5) is 16.0. The molecule has 0 atom stereocenters. The van der Waals surface area contributed by atoms with Crippen LogP contribution in [0.2, 0.25) is 0 Å². The fourth-order valence-corrected chi connectivity index (χ4v) is 2.33. The second kappa shape index (κ2) is 4.79. The van der Waals surface area contributed by atoms with Gasteiger partial charge in [0, 0.05) is 13.0 Å².